The number of rotatable bonds is 51. The van der Waals surface area contributed by atoms with Crippen molar-refractivity contribution in [2.75, 3.05) is 59.7 Å². The first-order valence-electron chi connectivity index (χ1n) is 29.2. The van der Waals surface area contributed by atoms with Gasteiger partial charge in [0.15, 0.2) is 0 Å². The molecule has 16 N–H and O–H groups in total. The van der Waals surface area contributed by atoms with Crippen molar-refractivity contribution < 1.29 is 82.3 Å². The predicted octanol–water partition coefficient (Wildman–Crippen LogP) is -1.14. The van der Waals surface area contributed by atoms with E-state index in [0.717, 1.165) is 64.2 Å². The van der Waals surface area contributed by atoms with E-state index in [1.165, 1.54) is 32.7 Å². The van der Waals surface area contributed by atoms with Gasteiger partial charge in [0.05, 0.1) is 39.4 Å². The molecule has 0 unspecified atom stereocenters. The van der Waals surface area contributed by atoms with Gasteiger partial charge in [0.1, 0.15) is 42.9 Å². The molecule has 0 aromatic rings. The Morgan fingerprint density at radius 2 is 1.08 bits per heavy atom. The number of primary amides is 1. The molecule has 0 bridgehead atoms. The van der Waals surface area contributed by atoms with Crippen LogP contribution < -0.4 is 59.3 Å². The molecule has 29 heteroatoms. The molecule has 0 saturated carbocycles. The number of likely N-dealkylation sites (N-methyl/N-ethyl adjacent to an activating group) is 1. The Hall–Kier alpha value is -7.11. The fourth-order valence-corrected chi connectivity index (χ4v) is 8.42. The molecule has 0 saturated heterocycles. The maximum absolute atomic E-state index is 13.8. The summed E-state index contributed by atoms with van der Waals surface area (Å²) in [5, 5.41) is 50.1. The number of ether oxygens (including phenoxy) is 2. The largest absolute Gasteiger partial charge is 0.481 e. The number of aliphatic hydroxyl groups excluding tert-OH is 1. The van der Waals surface area contributed by atoms with Crippen molar-refractivity contribution >= 4 is 77.2 Å². The topological polar surface area (TPSA) is 457 Å². The van der Waals surface area contributed by atoms with Gasteiger partial charge in [-0.1, -0.05) is 103 Å². The highest BCUT2D eigenvalue weighted by Gasteiger charge is 2.33. The molecule has 0 aromatic heterocycles. The predicted molar refractivity (Wildman–Crippen MR) is 307 cm³/mol. The number of carbonyl (C=O) groups excluding carboxylic acids is 10. The number of nitrogens with two attached hydrogens (primary N) is 2. The summed E-state index contributed by atoms with van der Waals surface area (Å²) >= 11 is 0. The SMILES string of the molecule is CCCC[C@H](NC(=O)[C@H](CN)NC(=O)[C@H](CC1=CCC=N1)NC(=O)[C@H](CCC(N)=O)NC(=O)[C@H](CO)NC(=O)CNC(=O)COCCOCCNC(=O)C[C@H](NC(=O)CCCCCCCCCCCCCCCCC(=O)O)C(=O)O)C(=O)NC. The van der Waals surface area contributed by atoms with E-state index in [0.29, 0.717) is 31.4 Å². The molecule has 476 valence electrons. The molecule has 6 atom stereocenters. The van der Waals surface area contributed by atoms with Gasteiger partial charge in [-0.2, -0.15) is 0 Å². The number of unbranched alkanes of at least 4 members (excludes halogenated alkanes) is 14. The Morgan fingerprint density at radius 1 is 0.560 bits per heavy atom. The zero-order chi connectivity index (χ0) is 62.5. The van der Waals surface area contributed by atoms with E-state index in [1.807, 2.05) is 6.92 Å². The van der Waals surface area contributed by atoms with Gasteiger partial charge >= 0.3 is 11.9 Å². The molecule has 29 nitrogen and oxygen atoms in total. The van der Waals surface area contributed by atoms with Crippen LogP contribution in [0, 0.1) is 0 Å². The highest BCUT2D eigenvalue weighted by atomic mass is 16.5. The smallest absolute Gasteiger partial charge is 0.326 e. The molecular weight excluding hydrogens is 1100 g/mol. The molecule has 0 aliphatic carbocycles. The van der Waals surface area contributed by atoms with Gasteiger partial charge in [-0.25, -0.2) is 4.79 Å². The maximum atomic E-state index is 13.8. The van der Waals surface area contributed by atoms with Gasteiger partial charge in [0.25, 0.3) is 0 Å². The van der Waals surface area contributed by atoms with Crippen LogP contribution in [0.4, 0.5) is 0 Å². The number of carbonyl (C=O) groups is 12. The molecule has 0 radical (unpaired) electrons. The standard InChI is InChI=1S/C55H94N12O17/c1-3-4-21-38(50(76)58-2)64-53(79)42(33-56)67-52(78)40(31-37-20-19-26-59-37)66-51(77)39(24-25-44(57)69)65-54(80)43(35-68)63-47(72)34-61-48(73)36-84-30-29-83-28-27-60-46(71)32-41(55(81)82)62-45(70)22-17-15-13-11-9-7-5-6-8-10-12-14-16-18-23-49(74)75/h20,26,38-43,68H,3-19,21-25,27-36,56H2,1-2H3,(H2,57,69)(H,58,76)(H,60,71)(H,61,73)(H,62,70)(H,63,72)(H,64,79)(H,65,80)(H,66,77)(H,67,78)(H,74,75)(H,81,82)/t38-,39-,40-,41-,42-,43-/m0/s1. The third-order valence-electron chi connectivity index (χ3n) is 13.2. The molecule has 1 heterocycles. The van der Waals surface area contributed by atoms with Gasteiger partial charge in [-0.15, -0.1) is 0 Å². The van der Waals surface area contributed by atoms with Gasteiger partial charge in [0, 0.05) is 64.2 Å². The molecular formula is C55H94N12O17. The number of allylic oxidation sites excluding steroid dienone is 1. The minimum absolute atomic E-state index is 0.00602. The van der Waals surface area contributed by atoms with Crippen molar-refractivity contribution in [1.82, 2.24) is 47.9 Å². The fraction of sp³-hybridized carbons (Fsp3) is 0.727. The third-order valence-corrected chi connectivity index (χ3v) is 13.2. The van der Waals surface area contributed by atoms with Crippen LogP contribution in [0.1, 0.15) is 161 Å². The Morgan fingerprint density at radius 3 is 1.62 bits per heavy atom. The van der Waals surface area contributed by atoms with Gasteiger partial charge in [-0.05, 0) is 25.7 Å². The number of amides is 10. The van der Waals surface area contributed by atoms with Crippen molar-refractivity contribution in [3.8, 4) is 0 Å². The van der Waals surface area contributed by atoms with Gasteiger partial charge in [0.2, 0.25) is 59.1 Å². The highest BCUT2D eigenvalue weighted by Crippen LogP contribution is 2.16. The average Bonchev–Trinajstić information content (AvgIpc) is 4.16. The second kappa shape index (κ2) is 46.3. The van der Waals surface area contributed by atoms with Crippen molar-refractivity contribution in [2.24, 2.45) is 16.5 Å². The second-order valence-electron chi connectivity index (χ2n) is 20.3. The van der Waals surface area contributed by atoms with Gasteiger partial charge in [-0.3, -0.25) is 57.7 Å². The summed E-state index contributed by atoms with van der Waals surface area (Å²) < 4.78 is 10.6. The number of aliphatic imine (C=N–C) groups is 1. The molecule has 84 heavy (non-hydrogen) atoms. The zero-order valence-electron chi connectivity index (χ0n) is 48.9. The van der Waals surface area contributed by atoms with Crippen LogP contribution in [0.5, 0.6) is 0 Å². The number of nitrogens with zero attached hydrogens (tertiary/aromatic N) is 1. The zero-order valence-corrected chi connectivity index (χ0v) is 48.9. The third kappa shape index (κ3) is 36.5. The first-order valence-corrected chi connectivity index (χ1v) is 29.2. The monoisotopic (exact) mass is 1190 g/mol. The van der Waals surface area contributed by atoms with Crippen LogP contribution in [0.25, 0.3) is 0 Å². The van der Waals surface area contributed by atoms with E-state index in [1.54, 1.807) is 12.3 Å². The highest BCUT2D eigenvalue weighted by molar-refractivity contribution is 5.97. The van der Waals surface area contributed by atoms with E-state index in [4.69, 9.17) is 26.0 Å². The van der Waals surface area contributed by atoms with Crippen LogP contribution in [0.2, 0.25) is 0 Å². The van der Waals surface area contributed by atoms with E-state index < -0.39 is 140 Å². The molecule has 0 spiro atoms. The van der Waals surface area contributed by atoms with E-state index in [9.17, 15) is 67.7 Å². The first kappa shape index (κ1) is 74.9. The number of aliphatic carboxylic acids is 2. The Labute approximate surface area is 491 Å². The van der Waals surface area contributed by atoms with Crippen LogP contribution in [-0.2, 0) is 67.0 Å². The number of hydrogen-bond donors (Lipinski definition) is 14. The number of nitrogens with one attached hydrogen (secondary N) is 9. The summed E-state index contributed by atoms with van der Waals surface area (Å²) in [7, 11) is 1.41. The number of carboxylic acid groups (broad SMARTS) is 2. The van der Waals surface area contributed by atoms with Crippen LogP contribution >= 0.6 is 0 Å². The lowest BCUT2D eigenvalue weighted by Crippen LogP contribution is -2.60. The molecule has 1 rings (SSSR count). The Balaban J connectivity index is 2.49. The van der Waals surface area contributed by atoms with Crippen molar-refractivity contribution in [2.45, 2.75) is 197 Å². The van der Waals surface area contributed by atoms with Crippen LogP contribution in [-0.4, -0.2) is 189 Å². The van der Waals surface area contributed by atoms with E-state index in [-0.39, 0.29) is 58.6 Å². The summed E-state index contributed by atoms with van der Waals surface area (Å²) in [4.78, 5) is 155. The lowest BCUT2D eigenvalue weighted by atomic mass is 10.0. The Bertz CT molecular complexity index is 2150. The molecule has 1 aliphatic rings. The first-order chi connectivity index (χ1) is 40.2. The van der Waals surface area contributed by atoms with Crippen molar-refractivity contribution in [3.63, 3.8) is 0 Å². The second-order valence-corrected chi connectivity index (χ2v) is 20.3. The summed E-state index contributed by atoms with van der Waals surface area (Å²) in [6.45, 7) is -0.725. The number of aliphatic hydroxyl groups is 1. The summed E-state index contributed by atoms with van der Waals surface area (Å²) in [6, 6.07) is -8.32. The fourth-order valence-electron chi connectivity index (χ4n) is 8.42. The van der Waals surface area contributed by atoms with E-state index in [2.05, 4.69) is 52.8 Å². The minimum Gasteiger partial charge on any atom is -0.481 e. The maximum Gasteiger partial charge on any atom is 0.326 e. The molecule has 10 amide bonds. The lowest BCUT2D eigenvalue weighted by molar-refractivity contribution is -0.143. The molecule has 1 aliphatic heterocycles. The van der Waals surface area contributed by atoms with Gasteiger partial charge < -0.3 is 84.1 Å². The minimum atomic E-state index is -1.67. The lowest BCUT2D eigenvalue weighted by Gasteiger charge is -2.26. The average molecular weight is 1200 g/mol. The summed E-state index contributed by atoms with van der Waals surface area (Å²) in [5.74, 6) is -9.85. The van der Waals surface area contributed by atoms with Crippen LogP contribution in [0.3, 0.4) is 0 Å². The number of hydrogen-bond acceptors (Lipinski definition) is 17. The Kier molecular flexibility index (Phi) is 41.3. The van der Waals surface area contributed by atoms with E-state index >= 15 is 0 Å². The summed E-state index contributed by atoms with van der Waals surface area (Å²) in [6.07, 6.45) is 18.7. The normalized spacial score (nSPS) is 13.8. The molecule has 0 fully saturated rings. The van der Waals surface area contributed by atoms with Crippen molar-refractivity contribution in [3.05, 3.63) is 11.8 Å². The van der Waals surface area contributed by atoms with Crippen LogP contribution in [0.15, 0.2) is 16.8 Å². The summed E-state index contributed by atoms with van der Waals surface area (Å²) in [5.41, 5.74) is 11.6. The molecule has 0 aromatic carbocycles. The number of carboxylic acids is 2. The van der Waals surface area contributed by atoms with Crippen molar-refractivity contribution in [1.29, 1.82) is 0 Å². The quantitative estimate of drug-likeness (QED) is 0.0320.